The number of hydrogen-bond acceptors (Lipinski definition) is 6. The zero-order chi connectivity index (χ0) is 22.1. The van der Waals surface area contributed by atoms with E-state index in [1.165, 1.54) is 12.1 Å². The minimum Gasteiger partial charge on any atom is -0.391 e. The van der Waals surface area contributed by atoms with Crippen LogP contribution in [0.2, 0.25) is 0 Å². The van der Waals surface area contributed by atoms with Crippen LogP contribution >= 0.6 is 0 Å². The van der Waals surface area contributed by atoms with Gasteiger partial charge in [-0.3, -0.25) is 0 Å². The largest absolute Gasteiger partial charge is 0.391 e. The predicted octanol–water partition coefficient (Wildman–Crippen LogP) is 4.54. The third-order valence-electron chi connectivity index (χ3n) is 5.51. The summed E-state index contributed by atoms with van der Waals surface area (Å²) in [4.78, 5) is 15.4. The van der Waals surface area contributed by atoms with Crippen molar-refractivity contribution in [2.75, 3.05) is 23.3 Å². The molecule has 1 aromatic carbocycles. The highest BCUT2D eigenvalue weighted by Gasteiger charge is 2.22. The first kappa shape index (κ1) is 21.3. The number of nitrogens with one attached hydrogen (secondary N) is 1. The quantitative estimate of drug-likeness (QED) is 0.618. The Morgan fingerprint density at radius 2 is 2.00 bits per heavy atom. The molecule has 1 fully saturated rings. The van der Waals surface area contributed by atoms with Crippen molar-refractivity contribution in [1.29, 1.82) is 0 Å². The molecule has 0 radical (unpaired) electrons. The lowest BCUT2D eigenvalue weighted by atomic mass is 10.0. The minimum atomic E-state index is -2.89. The van der Waals surface area contributed by atoms with Gasteiger partial charge in [0.1, 0.15) is 23.3 Å². The number of fused-ring (bicyclic) bond motifs is 1. The van der Waals surface area contributed by atoms with Crippen molar-refractivity contribution in [3.05, 3.63) is 53.2 Å². The van der Waals surface area contributed by atoms with Crippen LogP contribution in [0.15, 0.2) is 30.5 Å². The Labute approximate surface area is 178 Å². The highest BCUT2D eigenvalue weighted by atomic mass is 19.3. The monoisotopic (exact) mass is 431 g/mol. The lowest BCUT2D eigenvalue weighted by Crippen LogP contribution is -2.38. The number of aryl methyl sites for hydroxylation is 1. The van der Waals surface area contributed by atoms with E-state index in [9.17, 15) is 18.3 Å². The Kier molecular flexibility index (Phi) is 5.95. The summed E-state index contributed by atoms with van der Waals surface area (Å²) in [6.45, 7) is 4.71. The lowest BCUT2D eigenvalue weighted by Gasteiger charge is -2.31. The fourth-order valence-electron chi connectivity index (χ4n) is 3.94. The molecule has 0 saturated carbocycles. The number of halogens is 3. The van der Waals surface area contributed by atoms with Gasteiger partial charge in [0.05, 0.1) is 29.4 Å². The number of β-amino-alcohol motifs (C(OH)–C–C–N with tert-alkyl or cyclic N) is 1. The molecule has 3 aromatic rings. The topological polar surface area (TPSA) is 74.2 Å². The van der Waals surface area contributed by atoms with Gasteiger partial charge in [-0.2, -0.15) is 0 Å². The summed E-state index contributed by atoms with van der Waals surface area (Å²) in [7, 11) is 0. The van der Waals surface area contributed by atoms with Crippen LogP contribution < -0.4 is 10.2 Å². The third kappa shape index (κ3) is 4.41. The summed E-state index contributed by atoms with van der Waals surface area (Å²) in [6, 6.07) is 5.23. The molecule has 2 aromatic heterocycles. The summed E-state index contributed by atoms with van der Waals surface area (Å²) < 4.78 is 40.8. The number of piperidine rings is 1. The number of nitrogens with zero attached hydrogens (tertiary/aromatic N) is 4. The van der Waals surface area contributed by atoms with Crippen molar-refractivity contribution in [1.82, 2.24) is 15.0 Å². The van der Waals surface area contributed by atoms with E-state index < -0.39 is 30.0 Å². The molecule has 4 rings (SSSR count). The van der Waals surface area contributed by atoms with Crippen molar-refractivity contribution in [2.24, 2.45) is 0 Å². The van der Waals surface area contributed by atoms with Crippen LogP contribution in [-0.4, -0.2) is 39.3 Å². The summed E-state index contributed by atoms with van der Waals surface area (Å²) in [6.07, 6.45) is -0.00701. The number of pyridine rings is 1. The molecule has 2 atom stereocenters. The molecule has 0 spiro atoms. The summed E-state index contributed by atoms with van der Waals surface area (Å²) >= 11 is 0. The second-order valence-electron chi connectivity index (χ2n) is 7.84. The molecule has 0 bridgehead atoms. The number of aliphatic hydroxyl groups excluding tert-OH is 1. The van der Waals surface area contributed by atoms with Crippen molar-refractivity contribution in [3.8, 4) is 0 Å². The summed E-state index contributed by atoms with van der Waals surface area (Å²) in [5, 5.41) is 13.8. The first-order chi connectivity index (χ1) is 14.8. The van der Waals surface area contributed by atoms with Crippen LogP contribution in [-0.2, 0) is 0 Å². The predicted molar refractivity (Wildman–Crippen MR) is 113 cm³/mol. The third-order valence-corrected chi connectivity index (χ3v) is 5.51. The molecule has 1 saturated heterocycles. The standard InChI is InChI=1S/C22H24F3N5O/c1-12(15-6-3-7-16(20(15)23)21(24)25)27-22-17-9-19(30-8-4-5-14(31)11-30)26-10-18(17)28-13(2)29-22/h3,6-7,9-10,12,14,21,31H,4-5,8,11H2,1-2H3,(H,27,28,29)/t12?,14-/m1/s1. The van der Waals surface area contributed by atoms with Crippen LogP contribution in [0, 0.1) is 12.7 Å². The van der Waals surface area contributed by atoms with Crippen LogP contribution in [0.3, 0.4) is 0 Å². The van der Waals surface area contributed by atoms with Crippen molar-refractivity contribution < 1.29 is 18.3 Å². The van der Waals surface area contributed by atoms with Gasteiger partial charge in [-0.05, 0) is 32.8 Å². The molecule has 1 unspecified atom stereocenters. The summed E-state index contributed by atoms with van der Waals surface area (Å²) in [5.41, 5.74) is 0.131. The molecule has 1 aliphatic heterocycles. The van der Waals surface area contributed by atoms with Gasteiger partial charge in [-0.15, -0.1) is 0 Å². The molecule has 3 heterocycles. The average Bonchev–Trinajstić information content (AvgIpc) is 2.73. The van der Waals surface area contributed by atoms with Crippen LogP contribution in [0.4, 0.5) is 24.8 Å². The number of benzene rings is 1. The number of aliphatic hydroxyl groups is 1. The zero-order valence-electron chi connectivity index (χ0n) is 17.3. The van der Waals surface area contributed by atoms with Gasteiger partial charge in [0.2, 0.25) is 0 Å². The molecular weight excluding hydrogens is 407 g/mol. The smallest absolute Gasteiger partial charge is 0.266 e. The lowest BCUT2D eigenvalue weighted by molar-refractivity contribution is 0.146. The number of hydrogen-bond donors (Lipinski definition) is 2. The van der Waals surface area contributed by atoms with Gasteiger partial charge in [-0.25, -0.2) is 28.1 Å². The second-order valence-corrected chi connectivity index (χ2v) is 7.84. The zero-order valence-corrected chi connectivity index (χ0v) is 17.3. The van der Waals surface area contributed by atoms with Gasteiger partial charge < -0.3 is 15.3 Å². The van der Waals surface area contributed by atoms with Crippen molar-refractivity contribution >= 4 is 22.5 Å². The Morgan fingerprint density at radius 3 is 2.74 bits per heavy atom. The Hall–Kier alpha value is -2.94. The van der Waals surface area contributed by atoms with E-state index in [2.05, 4.69) is 20.3 Å². The van der Waals surface area contributed by atoms with Crippen molar-refractivity contribution in [3.63, 3.8) is 0 Å². The van der Waals surface area contributed by atoms with Crippen LogP contribution in [0.1, 0.15) is 49.2 Å². The molecule has 2 N–H and O–H groups in total. The van der Waals surface area contributed by atoms with Crippen LogP contribution in [0.25, 0.3) is 10.9 Å². The maximum Gasteiger partial charge on any atom is 0.266 e. The Balaban J connectivity index is 1.70. The fraction of sp³-hybridized carbons (Fsp3) is 0.409. The van der Waals surface area contributed by atoms with E-state index in [-0.39, 0.29) is 5.56 Å². The number of aromatic nitrogens is 3. The van der Waals surface area contributed by atoms with E-state index in [4.69, 9.17) is 0 Å². The van der Waals surface area contributed by atoms with Gasteiger partial charge in [0, 0.05) is 24.0 Å². The average molecular weight is 431 g/mol. The highest BCUT2D eigenvalue weighted by molar-refractivity contribution is 5.90. The molecule has 0 amide bonds. The van der Waals surface area contributed by atoms with Crippen molar-refractivity contribution in [2.45, 2.75) is 45.3 Å². The van der Waals surface area contributed by atoms with Gasteiger partial charge >= 0.3 is 0 Å². The molecular formula is C22H24F3N5O. The first-order valence-electron chi connectivity index (χ1n) is 10.2. The van der Waals surface area contributed by atoms with Crippen LogP contribution in [0.5, 0.6) is 0 Å². The minimum absolute atomic E-state index is 0.135. The Morgan fingerprint density at radius 1 is 1.23 bits per heavy atom. The Bertz CT molecular complexity index is 1090. The molecule has 31 heavy (non-hydrogen) atoms. The molecule has 164 valence electrons. The second kappa shape index (κ2) is 8.66. The maximum atomic E-state index is 14.6. The molecule has 1 aliphatic rings. The highest BCUT2D eigenvalue weighted by Crippen LogP contribution is 2.31. The summed E-state index contributed by atoms with van der Waals surface area (Å²) in [5.74, 6) is 0.752. The first-order valence-corrected chi connectivity index (χ1v) is 10.2. The number of alkyl halides is 2. The van der Waals surface area contributed by atoms with E-state index in [1.54, 1.807) is 20.0 Å². The molecule has 0 aliphatic carbocycles. The van der Waals surface area contributed by atoms with E-state index >= 15 is 0 Å². The van der Waals surface area contributed by atoms with Gasteiger partial charge in [-0.1, -0.05) is 18.2 Å². The molecule has 9 heteroatoms. The SMILES string of the molecule is Cc1nc(NC(C)c2cccc(C(F)F)c2F)c2cc(N3CCC[C@@H](O)C3)ncc2n1. The molecule has 6 nitrogen and oxygen atoms in total. The normalized spacial score (nSPS) is 17.9. The number of anilines is 2. The van der Waals surface area contributed by atoms with E-state index in [1.807, 2.05) is 11.0 Å². The van der Waals surface area contributed by atoms with E-state index in [0.717, 1.165) is 25.5 Å². The van der Waals surface area contributed by atoms with Gasteiger partial charge in [0.15, 0.2) is 0 Å². The number of rotatable bonds is 5. The van der Waals surface area contributed by atoms with E-state index in [0.29, 0.717) is 34.9 Å². The maximum absolute atomic E-state index is 14.6. The fourth-order valence-corrected chi connectivity index (χ4v) is 3.94. The van der Waals surface area contributed by atoms with Gasteiger partial charge in [0.25, 0.3) is 6.43 Å².